The molecular formula is C18H18N2O5. The SMILES string of the molecule is C[C@@H](OC(=O)Cc1ccc(O)cc1)C(=O)NNC(=O)c1ccccc1. The van der Waals surface area contributed by atoms with Gasteiger partial charge in [-0.2, -0.15) is 0 Å². The van der Waals surface area contributed by atoms with E-state index in [4.69, 9.17) is 4.74 Å². The van der Waals surface area contributed by atoms with Crippen LogP contribution in [0.4, 0.5) is 0 Å². The summed E-state index contributed by atoms with van der Waals surface area (Å²) < 4.78 is 5.02. The highest BCUT2D eigenvalue weighted by atomic mass is 16.5. The van der Waals surface area contributed by atoms with Crippen LogP contribution in [0.1, 0.15) is 22.8 Å². The first-order valence-electron chi connectivity index (χ1n) is 7.58. The number of benzene rings is 2. The zero-order valence-corrected chi connectivity index (χ0v) is 13.6. The van der Waals surface area contributed by atoms with Gasteiger partial charge in [-0.15, -0.1) is 0 Å². The number of aromatic hydroxyl groups is 1. The number of amides is 2. The van der Waals surface area contributed by atoms with Gasteiger partial charge in [-0.1, -0.05) is 30.3 Å². The van der Waals surface area contributed by atoms with E-state index in [9.17, 15) is 19.5 Å². The number of ether oxygens (including phenoxy) is 1. The number of hydrazine groups is 1. The lowest BCUT2D eigenvalue weighted by molar-refractivity contribution is -0.154. The van der Waals surface area contributed by atoms with E-state index in [-0.39, 0.29) is 12.2 Å². The maximum Gasteiger partial charge on any atom is 0.311 e. The first-order valence-corrected chi connectivity index (χ1v) is 7.58. The summed E-state index contributed by atoms with van der Waals surface area (Å²) in [4.78, 5) is 35.5. The van der Waals surface area contributed by atoms with Crippen molar-refractivity contribution in [3.63, 3.8) is 0 Å². The predicted molar refractivity (Wildman–Crippen MR) is 89.4 cm³/mol. The van der Waals surface area contributed by atoms with Crippen molar-refractivity contribution in [2.45, 2.75) is 19.4 Å². The van der Waals surface area contributed by atoms with Gasteiger partial charge in [0.2, 0.25) is 0 Å². The molecule has 0 spiro atoms. The van der Waals surface area contributed by atoms with Gasteiger partial charge in [-0.05, 0) is 36.8 Å². The largest absolute Gasteiger partial charge is 0.508 e. The third kappa shape index (κ3) is 5.65. The van der Waals surface area contributed by atoms with Crippen LogP contribution in [0.25, 0.3) is 0 Å². The molecular weight excluding hydrogens is 324 g/mol. The molecule has 25 heavy (non-hydrogen) atoms. The van der Waals surface area contributed by atoms with E-state index in [1.165, 1.54) is 19.1 Å². The van der Waals surface area contributed by atoms with E-state index in [1.54, 1.807) is 42.5 Å². The predicted octanol–water partition coefficient (Wildman–Crippen LogP) is 1.33. The monoisotopic (exact) mass is 342 g/mol. The number of esters is 1. The Balaban J connectivity index is 1.78. The Morgan fingerprint density at radius 3 is 2.28 bits per heavy atom. The van der Waals surface area contributed by atoms with Crippen LogP contribution in [0.3, 0.4) is 0 Å². The molecule has 130 valence electrons. The van der Waals surface area contributed by atoms with E-state index in [0.717, 1.165) is 0 Å². The molecule has 0 unspecified atom stereocenters. The number of hydrogen-bond donors (Lipinski definition) is 3. The standard InChI is InChI=1S/C18H18N2O5/c1-12(25-16(22)11-13-7-9-15(21)10-8-13)17(23)19-20-18(24)14-5-3-2-4-6-14/h2-10,12,21H,11H2,1H3,(H,19,23)(H,20,24)/t12-/m1/s1. The van der Waals surface area contributed by atoms with Crippen LogP contribution in [0.2, 0.25) is 0 Å². The van der Waals surface area contributed by atoms with Crippen molar-refractivity contribution in [1.29, 1.82) is 0 Å². The molecule has 0 aromatic heterocycles. The fraction of sp³-hybridized carbons (Fsp3) is 0.167. The smallest absolute Gasteiger partial charge is 0.311 e. The fourth-order valence-electron chi connectivity index (χ4n) is 1.95. The number of carbonyl (C=O) groups is 3. The minimum absolute atomic E-state index is 0.0335. The van der Waals surface area contributed by atoms with E-state index in [0.29, 0.717) is 11.1 Å². The summed E-state index contributed by atoms with van der Waals surface area (Å²) in [6.45, 7) is 1.40. The minimum atomic E-state index is -1.07. The Bertz CT molecular complexity index is 744. The molecule has 0 radical (unpaired) electrons. The van der Waals surface area contributed by atoms with Crippen molar-refractivity contribution >= 4 is 17.8 Å². The topological polar surface area (TPSA) is 105 Å². The second-order valence-electron chi connectivity index (χ2n) is 5.28. The van der Waals surface area contributed by atoms with Gasteiger partial charge in [0, 0.05) is 5.56 Å². The highest BCUT2D eigenvalue weighted by Crippen LogP contribution is 2.10. The van der Waals surface area contributed by atoms with Crippen LogP contribution in [0.15, 0.2) is 54.6 Å². The Morgan fingerprint density at radius 1 is 1.00 bits per heavy atom. The van der Waals surface area contributed by atoms with Gasteiger partial charge < -0.3 is 9.84 Å². The number of hydrogen-bond acceptors (Lipinski definition) is 5. The maximum atomic E-state index is 11.9. The summed E-state index contributed by atoms with van der Waals surface area (Å²) in [7, 11) is 0. The number of carbonyl (C=O) groups excluding carboxylic acids is 3. The molecule has 0 heterocycles. The molecule has 3 N–H and O–H groups in total. The van der Waals surface area contributed by atoms with Gasteiger partial charge in [-0.25, -0.2) is 0 Å². The average Bonchev–Trinajstić information content (AvgIpc) is 2.62. The first kappa shape index (κ1) is 18.0. The fourth-order valence-corrected chi connectivity index (χ4v) is 1.95. The molecule has 2 aromatic rings. The lowest BCUT2D eigenvalue weighted by Gasteiger charge is -2.14. The summed E-state index contributed by atoms with van der Waals surface area (Å²) in [6.07, 6.45) is -1.10. The quantitative estimate of drug-likeness (QED) is 0.562. The molecule has 7 heteroatoms. The van der Waals surface area contributed by atoms with Crippen LogP contribution >= 0.6 is 0 Å². The van der Waals surface area contributed by atoms with Crippen LogP contribution in [0.5, 0.6) is 5.75 Å². The average molecular weight is 342 g/mol. The van der Waals surface area contributed by atoms with Crippen molar-refractivity contribution in [2.24, 2.45) is 0 Å². The minimum Gasteiger partial charge on any atom is -0.508 e. The lowest BCUT2D eigenvalue weighted by Crippen LogP contribution is -2.46. The Morgan fingerprint density at radius 2 is 1.64 bits per heavy atom. The number of phenols is 1. The lowest BCUT2D eigenvalue weighted by atomic mass is 10.1. The molecule has 0 aliphatic rings. The van der Waals surface area contributed by atoms with Crippen LogP contribution in [0, 0.1) is 0 Å². The Hall–Kier alpha value is -3.35. The molecule has 0 bridgehead atoms. The van der Waals surface area contributed by atoms with Crippen LogP contribution < -0.4 is 10.9 Å². The van der Waals surface area contributed by atoms with Crippen LogP contribution in [-0.4, -0.2) is 29.0 Å². The number of rotatable bonds is 5. The number of phenolic OH excluding ortho intramolecular Hbond substituents is 1. The number of nitrogens with one attached hydrogen (secondary N) is 2. The normalized spacial score (nSPS) is 11.2. The summed E-state index contributed by atoms with van der Waals surface area (Å²) in [5, 5.41) is 9.19. The molecule has 2 aromatic carbocycles. The Labute approximate surface area is 144 Å². The Kier molecular flexibility index (Phi) is 6.11. The summed E-state index contributed by atoms with van der Waals surface area (Å²) in [5.74, 6) is -1.62. The zero-order chi connectivity index (χ0) is 18.2. The second-order valence-corrected chi connectivity index (χ2v) is 5.28. The van der Waals surface area contributed by atoms with Crippen molar-refractivity contribution in [1.82, 2.24) is 10.9 Å². The third-order valence-corrected chi connectivity index (χ3v) is 3.30. The van der Waals surface area contributed by atoms with Crippen molar-refractivity contribution in [3.05, 3.63) is 65.7 Å². The zero-order valence-electron chi connectivity index (χ0n) is 13.6. The summed E-state index contributed by atoms with van der Waals surface area (Å²) >= 11 is 0. The van der Waals surface area contributed by atoms with Gasteiger partial charge in [0.05, 0.1) is 6.42 Å². The van der Waals surface area contributed by atoms with Gasteiger partial charge in [0.25, 0.3) is 11.8 Å². The molecule has 7 nitrogen and oxygen atoms in total. The second kappa shape index (κ2) is 8.49. The highest BCUT2D eigenvalue weighted by molar-refractivity contribution is 5.95. The summed E-state index contributed by atoms with van der Waals surface area (Å²) in [5.41, 5.74) is 5.49. The van der Waals surface area contributed by atoms with Gasteiger partial charge >= 0.3 is 5.97 Å². The first-order chi connectivity index (χ1) is 12.0. The third-order valence-electron chi connectivity index (χ3n) is 3.30. The van der Waals surface area contributed by atoms with E-state index >= 15 is 0 Å². The highest BCUT2D eigenvalue weighted by Gasteiger charge is 2.18. The summed E-state index contributed by atoms with van der Waals surface area (Å²) in [6, 6.07) is 14.4. The van der Waals surface area contributed by atoms with Gasteiger partial charge in [0.15, 0.2) is 6.10 Å². The van der Waals surface area contributed by atoms with Crippen molar-refractivity contribution in [3.8, 4) is 5.75 Å². The van der Waals surface area contributed by atoms with Crippen LogP contribution in [-0.2, 0) is 20.7 Å². The molecule has 2 amide bonds. The molecule has 0 aliphatic carbocycles. The van der Waals surface area contributed by atoms with Crippen molar-refractivity contribution in [2.75, 3.05) is 0 Å². The van der Waals surface area contributed by atoms with Crippen molar-refractivity contribution < 1.29 is 24.2 Å². The van der Waals surface area contributed by atoms with E-state index in [1.807, 2.05) is 0 Å². The van der Waals surface area contributed by atoms with E-state index in [2.05, 4.69) is 10.9 Å². The van der Waals surface area contributed by atoms with E-state index < -0.39 is 23.9 Å². The maximum absolute atomic E-state index is 11.9. The molecule has 0 fully saturated rings. The van der Waals surface area contributed by atoms with Gasteiger partial charge in [-0.3, -0.25) is 25.2 Å². The molecule has 0 saturated carbocycles. The molecule has 0 aliphatic heterocycles. The van der Waals surface area contributed by atoms with Gasteiger partial charge in [0.1, 0.15) is 5.75 Å². The molecule has 1 atom stereocenters. The molecule has 0 saturated heterocycles. The molecule has 2 rings (SSSR count).